The Bertz CT molecular complexity index is 1670. The summed E-state index contributed by atoms with van der Waals surface area (Å²) in [6.45, 7) is 6.53. The number of amides is 2. The number of nitrogens with one attached hydrogen (secondary N) is 1. The first-order chi connectivity index (χ1) is 18.9. The minimum absolute atomic E-state index is 0.198. The molecule has 1 atom stereocenters. The molecule has 2 amide bonds. The van der Waals surface area contributed by atoms with Crippen molar-refractivity contribution in [3.8, 4) is 11.5 Å². The van der Waals surface area contributed by atoms with Crippen molar-refractivity contribution in [1.82, 2.24) is 19.2 Å². The van der Waals surface area contributed by atoms with Gasteiger partial charge in [-0.3, -0.25) is 0 Å². The minimum Gasteiger partial charge on any atom is -0.308 e. The van der Waals surface area contributed by atoms with E-state index in [1.807, 2.05) is 52.9 Å². The molecule has 1 aliphatic heterocycles. The third kappa shape index (κ3) is 4.51. The average molecular weight is 536 g/mol. The van der Waals surface area contributed by atoms with Crippen molar-refractivity contribution < 1.29 is 4.79 Å². The standard InChI is InChI=1S/C32H30ClN5O/c1-4-28-26-20-37(32(39)34-24-16-15-22(3)27(33)19-24)30(23-11-8-10-21(2)18-23)29-14-9-17-36(29)31(26)38(35-28)25-12-6-5-7-13-25/h5-19,30H,4,20H2,1-3H3,(H,34,39)/t30-/m0/s1. The number of nitrogens with zero attached hydrogens (tertiary/aromatic N) is 4. The fourth-order valence-electron chi connectivity index (χ4n) is 5.41. The van der Waals surface area contributed by atoms with E-state index in [1.54, 1.807) is 6.07 Å². The van der Waals surface area contributed by atoms with Crippen LogP contribution < -0.4 is 5.32 Å². The normalized spacial score (nSPS) is 14.5. The monoisotopic (exact) mass is 535 g/mol. The van der Waals surface area contributed by atoms with Crippen LogP contribution in [0.2, 0.25) is 5.02 Å². The number of urea groups is 1. The smallest absolute Gasteiger partial charge is 0.308 e. The summed E-state index contributed by atoms with van der Waals surface area (Å²) in [5, 5.41) is 8.77. The Kier molecular flexibility index (Phi) is 6.49. The van der Waals surface area contributed by atoms with E-state index in [9.17, 15) is 4.79 Å². The fraction of sp³-hybridized carbons (Fsp3) is 0.188. The van der Waals surface area contributed by atoms with Crippen molar-refractivity contribution in [2.75, 3.05) is 5.32 Å². The number of anilines is 1. The number of rotatable bonds is 4. The quantitative estimate of drug-likeness (QED) is 0.257. The Morgan fingerprint density at radius 2 is 1.82 bits per heavy atom. The van der Waals surface area contributed by atoms with Gasteiger partial charge in [0.05, 0.1) is 29.7 Å². The molecule has 6 nitrogen and oxygen atoms in total. The summed E-state index contributed by atoms with van der Waals surface area (Å²) in [4.78, 5) is 16.1. The summed E-state index contributed by atoms with van der Waals surface area (Å²) < 4.78 is 4.20. The molecule has 0 spiro atoms. The number of hydrogen-bond acceptors (Lipinski definition) is 2. The van der Waals surface area contributed by atoms with Gasteiger partial charge in [0.2, 0.25) is 0 Å². The molecule has 3 aromatic carbocycles. The van der Waals surface area contributed by atoms with Gasteiger partial charge in [0.1, 0.15) is 5.82 Å². The number of para-hydroxylation sites is 1. The van der Waals surface area contributed by atoms with Gasteiger partial charge in [0.25, 0.3) is 0 Å². The van der Waals surface area contributed by atoms with Crippen LogP contribution in [-0.4, -0.2) is 25.3 Å². The van der Waals surface area contributed by atoms with Crippen LogP contribution in [0.15, 0.2) is 91.1 Å². The minimum atomic E-state index is -0.317. The molecule has 1 aliphatic rings. The molecular formula is C32H30ClN5O. The fourth-order valence-corrected chi connectivity index (χ4v) is 5.59. The zero-order valence-corrected chi connectivity index (χ0v) is 23.0. The molecular weight excluding hydrogens is 506 g/mol. The second-order valence-electron chi connectivity index (χ2n) is 9.99. The van der Waals surface area contributed by atoms with Gasteiger partial charge in [-0.05, 0) is 67.8 Å². The predicted octanol–water partition coefficient (Wildman–Crippen LogP) is 7.63. The van der Waals surface area contributed by atoms with Crippen LogP contribution in [0.4, 0.5) is 10.5 Å². The van der Waals surface area contributed by atoms with Gasteiger partial charge in [0.15, 0.2) is 0 Å². The van der Waals surface area contributed by atoms with Crippen LogP contribution in [0, 0.1) is 13.8 Å². The van der Waals surface area contributed by atoms with Crippen LogP contribution >= 0.6 is 11.6 Å². The first-order valence-corrected chi connectivity index (χ1v) is 13.6. The average Bonchev–Trinajstić information content (AvgIpc) is 3.52. The lowest BCUT2D eigenvalue weighted by molar-refractivity contribution is 0.194. The lowest BCUT2D eigenvalue weighted by atomic mass is 10.00. The van der Waals surface area contributed by atoms with Crippen molar-refractivity contribution in [3.63, 3.8) is 0 Å². The largest absolute Gasteiger partial charge is 0.322 e. The second kappa shape index (κ2) is 10.1. The van der Waals surface area contributed by atoms with Gasteiger partial charge in [-0.25, -0.2) is 9.48 Å². The molecule has 196 valence electrons. The maximum Gasteiger partial charge on any atom is 0.322 e. The maximum atomic E-state index is 14.1. The highest BCUT2D eigenvalue weighted by atomic mass is 35.5. The molecule has 2 aromatic heterocycles. The van der Waals surface area contributed by atoms with Gasteiger partial charge in [-0.2, -0.15) is 5.10 Å². The summed E-state index contributed by atoms with van der Waals surface area (Å²) in [6.07, 6.45) is 2.82. The Balaban J connectivity index is 1.55. The van der Waals surface area contributed by atoms with Crippen LogP contribution in [0.1, 0.15) is 46.6 Å². The summed E-state index contributed by atoms with van der Waals surface area (Å²) in [6, 6.07) is 27.8. The third-order valence-corrected chi connectivity index (χ3v) is 7.75. The number of carbonyl (C=O) groups is 1. The number of hydrogen-bond donors (Lipinski definition) is 1. The molecule has 0 aliphatic carbocycles. The summed E-state index contributed by atoms with van der Waals surface area (Å²) in [5.41, 5.74) is 7.79. The van der Waals surface area contributed by atoms with E-state index in [-0.39, 0.29) is 12.1 Å². The molecule has 0 bridgehead atoms. The van der Waals surface area contributed by atoms with E-state index in [4.69, 9.17) is 16.7 Å². The van der Waals surface area contributed by atoms with Gasteiger partial charge in [-0.1, -0.05) is 72.6 Å². The maximum absolute atomic E-state index is 14.1. The summed E-state index contributed by atoms with van der Waals surface area (Å²) in [5.74, 6) is 0.962. The Labute approximate surface area is 233 Å². The number of benzene rings is 3. The van der Waals surface area contributed by atoms with Crippen LogP contribution in [0.5, 0.6) is 0 Å². The molecule has 0 saturated heterocycles. The van der Waals surface area contributed by atoms with E-state index < -0.39 is 0 Å². The van der Waals surface area contributed by atoms with Crippen molar-refractivity contribution in [1.29, 1.82) is 0 Å². The van der Waals surface area contributed by atoms with Crippen LogP contribution in [0.25, 0.3) is 11.5 Å². The summed E-state index contributed by atoms with van der Waals surface area (Å²) in [7, 11) is 0. The lowest BCUT2D eigenvalue weighted by Gasteiger charge is -2.31. The van der Waals surface area contributed by atoms with Gasteiger partial charge < -0.3 is 14.8 Å². The van der Waals surface area contributed by atoms with Crippen molar-refractivity contribution in [3.05, 3.63) is 130 Å². The van der Waals surface area contributed by atoms with Gasteiger partial charge in [-0.15, -0.1) is 0 Å². The highest BCUT2D eigenvalue weighted by molar-refractivity contribution is 6.31. The number of aromatic nitrogens is 3. The zero-order valence-electron chi connectivity index (χ0n) is 22.2. The van der Waals surface area contributed by atoms with Crippen LogP contribution in [-0.2, 0) is 13.0 Å². The highest BCUT2D eigenvalue weighted by Gasteiger charge is 2.36. The van der Waals surface area contributed by atoms with Gasteiger partial charge >= 0.3 is 6.03 Å². The molecule has 0 saturated carbocycles. The van der Waals surface area contributed by atoms with E-state index >= 15 is 0 Å². The van der Waals surface area contributed by atoms with Crippen molar-refractivity contribution in [2.24, 2.45) is 0 Å². The van der Waals surface area contributed by atoms with Crippen molar-refractivity contribution >= 4 is 23.3 Å². The molecule has 39 heavy (non-hydrogen) atoms. The summed E-state index contributed by atoms with van der Waals surface area (Å²) >= 11 is 6.39. The first-order valence-electron chi connectivity index (χ1n) is 13.2. The van der Waals surface area contributed by atoms with E-state index in [1.165, 1.54) is 0 Å². The zero-order chi connectivity index (χ0) is 27.1. The molecule has 1 N–H and O–H groups in total. The SMILES string of the molecule is CCc1nn(-c2ccccc2)c2c1CN(C(=O)Nc1ccc(C)c(Cl)c1)[C@@H](c1cccc(C)c1)c1cccn1-2. The molecule has 0 radical (unpaired) electrons. The molecule has 5 aromatic rings. The van der Waals surface area contributed by atoms with Gasteiger partial charge in [0, 0.05) is 22.5 Å². The van der Waals surface area contributed by atoms with E-state index in [0.29, 0.717) is 17.3 Å². The highest BCUT2D eigenvalue weighted by Crippen LogP contribution is 2.39. The second-order valence-corrected chi connectivity index (χ2v) is 10.4. The number of aryl methyl sites for hydroxylation is 3. The van der Waals surface area contributed by atoms with Crippen LogP contribution in [0.3, 0.4) is 0 Å². The molecule has 0 fully saturated rings. The topological polar surface area (TPSA) is 55.1 Å². The Hall–Kier alpha value is -4.29. The number of fused-ring (bicyclic) bond motifs is 3. The number of halogens is 1. The third-order valence-electron chi connectivity index (χ3n) is 7.35. The lowest BCUT2D eigenvalue weighted by Crippen LogP contribution is -2.38. The van der Waals surface area contributed by atoms with E-state index in [0.717, 1.165) is 51.6 Å². The molecule has 3 heterocycles. The molecule has 7 heteroatoms. The predicted molar refractivity (Wildman–Crippen MR) is 156 cm³/mol. The first kappa shape index (κ1) is 25.0. The number of carbonyl (C=O) groups excluding carboxylic acids is 1. The van der Waals surface area contributed by atoms with E-state index in [2.05, 4.69) is 72.4 Å². The Morgan fingerprint density at radius 1 is 1.00 bits per heavy atom. The molecule has 6 rings (SSSR count). The van der Waals surface area contributed by atoms with Crippen molar-refractivity contribution in [2.45, 2.75) is 39.8 Å². The molecule has 0 unspecified atom stereocenters. The Morgan fingerprint density at radius 3 is 2.56 bits per heavy atom.